The minimum atomic E-state index is -0.212. The molecule has 0 spiro atoms. The van der Waals surface area contributed by atoms with E-state index in [2.05, 4.69) is 70.7 Å². The maximum atomic E-state index is 11.2. The molecule has 3 heterocycles. The van der Waals surface area contributed by atoms with Crippen molar-refractivity contribution >= 4 is 55.6 Å². The SMILES string of the molecule is COc1cccc(-c2csc(N=Nc3c(O)n4c5c(cc(I)cc35)C(C)CC4(C)C)n2)c1. The van der Waals surface area contributed by atoms with Gasteiger partial charge in [0.1, 0.15) is 5.75 Å². The fourth-order valence-electron chi connectivity index (χ4n) is 4.71. The molecule has 8 heteroatoms. The lowest BCUT2D eigenvalue weighted by molar-refractivity contribution is 0.267. The topological polar surface area (TPSA) is 72.0 Å². The lowest BCUT2D eigenvalue weighted by Gasteiger charge is -2.36. The number of thiazole rings is 1. The van der Waals surface area contributed by atoms with Gasteiger partial charge in [0.15, 0.2) is 5.69 Å². The molecule has 4 aromatic rings. The first-order valence-corrected chi connectivity index (χ1v) is 12.3. The molecule has 1 aliphatic heterocycles. The molecule has 32 heavy (non-hydrogen) atoms. The summed E-state index contributed by atoms with van der Waals surface area (Å²) in [5.41, 5.74) is 4.37. The van der Waals surface area contributed by atoms with E-state index in [1.165, 1.54) is 16.9 Å². The zero-order valence-corrected chi connectivity index (χ0v) is 21.2. The van der Waals surface area contributed by atoms with Crippen LogP contribution >= 0.6 is 33.9 Å². The van der Waals surface area contributed by atoms with E-state index in [9.17, 15) is 5.11 Å². The van der Waals surface area contributed by atoms with E-state index in [-0.39, 0.29) is 11.4 Å². The Bertz CT molecular complexity index is 1370. The Morgan fingerprint density at radius 3 is 2.84 bits per heavy atom. The maximum Gasteiger partial charge on any atom is 0.230 e. The van der Waals surface area contributed by atoms with Crippen molar-refractivity contribution < 1.29 is 9.84 Å². The van der Waals surface area contributed by atoms with Crippen LogP contribution in [0.25, 0.3) is 22.2 Å². The lowest BCUT2D eigenvalue weighted by Crippen LogP contribution is -2.31. The van der Waals surface area contributed by atoms with E-state index in [4.69, 9.17) is 4.74 Å². The van der Waals surface area contributed by atoms with Crippen LogP contribution in [-0.4, -0.2) is 21.8 Å². The van der Waals surface area contributed by atoms with Crippen molar-refractivity contribution in [3.63, 3.8) is 0 Å². The minimum Gasteiger partial charge on any atom is -0.497 e. The number of methoxy groups -OCH3 is 1. The quantitative estimate of drug-likeness (QED) is 0.206. The zero-order chi connectivity index (χ0) is 22.6. The highest BCUT2D eigenvalue weighted by molar-refractivity contribution is 14.1. The second-order valence-electron chi connectivity index (χ2n) is 8.76. The number of benzene rings is 2. The molecule has 2 aromatic heterocycles. The number of azo groups is 1. The predicted octanol–water partition coefficient (Wildman–Crippen LogP) is 7.74. The van der Waals surface area contributed by atoms with Gasteiger partial charge in [0.2, 0.25) is 11.0 Å². The number of aromatic nitrogens is 2. The minimum absolute atomic E-state index is 0.161. The Labute approximate surface area is 204 Å². The molecule has 0 fully saturated rings. The van der Waals surface area contributed by atoms with Crippen molar-refractivity contribution in [2.24, 2.45) is 10.2 Å². The van der Waals surface area contributed by atoms with Gasteiger partial charge >= 0.3 is 0 Å². The van der Waals surface area contributed by atoms with Crippen LogP contribution in [0.3, 0.4) is 0 Å². The molecular weight excluding hydrogens is 535 g/mol. The molecule has 0 saturated heterocycles. The first-order chi connectivity index (χ1) is 15.3. The molecule has 2 aromatic carbocycles. The van der Waals surface area contributed by atoms with Crippen LogP contribution in [0.15, 0.2) is 52.0 Å². The van der Waals surface area contributed by atoms with Crippen LogP contribution in [0.5, 0.6) is 11.6 Å². The van der Waals surface area contributed by atoms with Crippen molar-refractivity contribution in [1.29, 1.82) is 0 Å². The molecule has 1 atom stereocenters. The van der Waals surface area contributed by atoms with Crippen molar-refractivity contribution in [1.82, 2.24) is 9.55 Å². The van der Waals surface area contributed by atoms with Crippen LogP contribution in [-0.2, 0) is 5.54 Å². The van der Waals surface area contributed by atoms with Crippen LogP contribution in [0, 0.1) is 3.57 Å². The second kappa shape index (κ2) is 7.84. The summed E-state index contributed by atoms with van der Waals surface area (Å²) in [6, 6.07) is 12.0. The number of ether oxygens (including phenoxy) is 1. The number of hydrogen-bond donors (Lipinski definition) is 1. The summed E-state index contributed by atoms with van der Waals surface area (Å²) in [7, 11) is 1.65. The van der Waals surface area contributed by atoms with Gasteiger partial charge in [-0.25, -0.2) is 4.98 Å². The summed E-state index contributed by atoms with van der Waals surface area (Å²) in [4.78, 5) is 4.61. The Balaban J connectivity index is 1.58. The Hall–Kier alpha value is -2.46. The molecule has 0 aliphatic carbocycles. The average Bonchev–Trinajstić information content (AvgIpc) is 3.33. The monoisotopic (exact) mass is 558 g/mol. The van der Waals surface area contributed by atoms with Gasteiger partial charge in [0, 0.05) is 25.4 Å². The predicted molar refractivity (Wildman–Crippen MR) is 137 cm³/mol. The lowest BCUT2D eigenvalue weighted by atomic mass is 9.82. The third-order valence-corrected chi connectivity index (χ3v) is 7.39. The number of rotatable bonds is 4. The van der Waals surface area contributed by atoms with E-state index in [1.807, 2.05) is 34.2 Å². The molecule has 0 bridgehead atoms. The molecular formula is C24H23IN4O2S. The largest absolute Gasteiger partial charge is 0.497 e. The molecule has 1 aliphatic rings. The highest BCUT2D eigenvalue weighted by Crippen LogP contribution is 2.51. The third-order valence-electron chi connectivity index (χ3n) is 6.04. The zero-order valence-electron chi connectivity index (χ0n) is 18.3. The van der Waals surface area contributed by atoms with Gasteiger partial charge in [0.05, 0.1) is 18.3 Å². The summed E-state index contributed by atoms with van der Waals surface area (Å²) in [6.45, 7) is 6.56. The standard InChI is InChI=1S/C24H23IN4O2S/c1-13-11-24(2,3)29-21-17(13)9-15(25)10-18(21)20(22(29)30)27-28-23-26-19(12-32-23)14-6-5-7-16(8-14)31-4/h5-10,12-13,30H,11H2,1-4H3. The number of aromatic hydroxyl groups is 1. The van der Waals surface area contributed by atoms with E-state index in [1.54, 1.807) is 7.11 Å². The average molecular weight is 558 g/mol. The number of nitrogens with zero attached hydrogens (tertiary/aromatic N) is 4. The second-order valence-corrected chi connectivity index (χ2v) is 10.8. The van der Waals surface area contributed by atoms with Gasteiger partial charge in [-0.05, 0) is 78.6 Å². The molecule has 5 rings (SSSR count). The Morgan fingerprint density at radius 1 is 1.25 bits per heavy atom. The third kappa shape index (κ3) is 3.49. The fraction of sp³-hybridized carbons (Fsp3) is 0.292. The van der Waals surface area contributed by atoms with Gasteiger partial charge in [-0.2, -0.15) is 0 Å². The normalized spacial score (nSPS) is 17.3. The van der Waals surface area contributed by atoms with Crippen molar-refractivity contribution in [3.05, 3.63) is 50.9 Å². The molecule has 164 valence electrons. The van der Waals surface area contributed by atoms with Crippen molar-refractivity contribution in [2.45, 2.75) is 38.6 Å². The smallest absolute Gasteiger partial charge is 0.230 e. The first-order valence-electron chi connectivity index (χ1n) is 10.4. The molecule has 0 radical (unpaired) electrons. The van der Waals surface area contributed by atoms with Crippen molar-refractivity contribution in [2.75, 3.05) is 7.11 Å². The van der Waals surface area contributed by atoms with E-state index in [0.717, 1.165) is 37.9 Å². The van der Waals surface area contributed by atoms with Crippen LogP contribution in [0.2, 0.25) is 0 Å². The van der Waals surface area contributed by atoms with Crippen molar-refractivity contribution in [3.8, 4) is 22.9 Å². The van der Waals surface area contributed by atoms with Gasteiger partial charge in [-0.1, -0.05) is 19.1 Å². The van der Waals surface area contributed by atoms with E-state index < -0.39 is 0 Å². The van der Waals surface area contributed by atoms with Gasteiger partial charge in [-0.15, -0.1) is 21.6 Å². The molecule has 1 unspecified atom stereocenters. The van der Waals surface area contributed by atoms with E-state index >= 15 is 0 Å². The highest BCUT2D eigenvalue weighted by Gasteiger charge is 2.36. The van der Waals surface area contributed by atoms with Gasteiger partial charge < -0.3 is 14.4 Å². The fourth-order valence-corrected chi connectivity index (χ4v) is 6.01. The summed E-state index contributed by atoms with van der Waals surface area (Å²) in [6.07, 6.45) is 0.949. The summed E-state index contributed by atoms with van der Waals surface area (Å²) in [5.74, 6) is 1.34. The van der Waals surface area contributed by atoms with Crippen LogP contribution < -0.4 is 4.74 Å². The number of halogens is 1. The highest BCUT2D eigenvalue weighted by atomic mass is 127. The van der Waals surface area contributed by atoms with Crippen LogP contribution in [0.4, 0.5) is 10.8 Å². The Kier molecular flexibility index (Phi) is 5.24. The summed E-state index contributed by atoms with van der Waals surface area (Å²) < 4.78 is 8.45. The Morgan fingerprint density at radius 2 is 2.06 bits per heavy atom. The van der Waals surface area contributed by atoms with E-state index in [0.29, 0.717) is 16.7 Å². The summed E-state index contributed by atoms with van der Waals surface area (Å²) >= 11 is 3.75. The number of hydrogen-bond acceptors (Lipinski definition) is 6. The molecule has 0 saturated carbocycles. The summed E-state index contributed by atoms with van der Waals surface area (Å²) in [5, 5.41) is 23.5. The molecule has 6 nitrogen and oxygen atoms in total. The molecule has 0 amide bonds. The first kappa shape index (κ1) is 21.4. The van der Waals surface area contributed by atoms with Gasteiger partial charge in [-0.3, -0.25) is 0 Å². The molecule has 1 N–H and O–H groups in total. The maximum absolute atomic E-state index is 11.2. The van der Waals surface area contributed by atoms with Gasteiger partial charge in [0.25, 0.3) is 0 Å². The van der Waals surface area contributed by atoms with Crippen LogP contribution in [0.1, 0.15) is 38.7 Å².